The Hall–Kier alpha value is -4.78. The van der Waals surface area contributed by atoms with Crippen molar-refractivity contribution in [3.63, 3.8) is 0 Å². The molecule has 1 aliphatic heterocycles. The quantitative estimate of drug-likeness (QED) is 0.0705. The number of hydrogen-bond donors (Lipinski definition) is 2. The van der Waals surface area contributed by atoms with Gasteiger partial charge in [-0.25, -0.2) is 9.18 Å². The highest BCUT2D eigenvalue weighted by molar-refractivity contribution is 6.03. The monoisotopic (exact) mass is 785 g/mol. The van der Waals surface area contributed by atoms with Crippen molar-refractivity contribution in [2.24, 2.45) is 22.9 Å². The van der Waals surface area contributed by atoms with Crippen molar-refractivity contribution in [3.8, 4) is 11.5 Å². The third kappa shape index (κ3) is 9.35. The van der Waals surface area contributed by atoms with Crippen LogP contribution in [0.2, 0.25) is 0 Å². The highest BCUT2D eigenvalue weighted by atomic mass is 19.1. The molecule has 306 valence electrons. The zero-order valence-corrected chi connectivity index (χ0v) is 33.3. The van der Waals surface area contributed by atoms with Gasteiger partial charge in [0.15, 0.2) is 0 Å². The van der Waals surface area contributed by atoms with E-state index in [1.165, 1.54) is 19.2 Å². The van der Waals surface area contributed by atoms with E-state index < -0.39 is 23.8 Å². The van der Waals surface area contributed by atoms with Crippen LogP contribution in [-0.4, -0.2) is 77.3 Å². The summed E-state index contributed by atoms with van der Waals surface area (Å²) < 4.78 is 40.5. The molecule has 2 aromatic carbocycles. The minimum Gasteiger partial charge on any atom is -0.487 e. The van der Waals surface area contributed by atoms with Gasteiger partial charge in [-0.15, -0.1) is 6.58 Å². The molecule has 1 saturated carbocycles. The van der Waals surface area contributed by atoms with Crippen molar-refractivity contribution in [2.75, 3.05) is 33.5 Å². The lowest BCUT2D eigenvalue weighted by molar-refractivity contribution is -0.256. The molecule has 1 amide bonds. The molecule has 6 unspecified atom stereocenters. The van der Waals surface area contributed by atoms with E-state index >= 15 is 0 Å². The number of benzene rings is 2. The summed E-state index contributed by atoms with van der Waals surface area (Å²) in [7, 11) is 1.51. The van der Waals surface area contributed by atoms with Crippen molar-refractivity contribution >= 4 is 11.8 Å². The summed E-state index contributed by atoms with van der Waals surface area (Å²) in [6.45, 7) is 8.49. The molecule has 3 aliphatic rings. The number of unbranched alkanes of at least 4 members (excludes halogenated alkanes) is 2. The van der Waals surface area contributed by atoms with E-state index in [9.17, 15) is 19.4 Å². The summed E-state index contributed by atoms with van der Waals surface area (Å²) in [5, 5.41) is 24.3. The summed E-state index contributed by atoms with van der Waals surface area (Å²) in [5.41, 5.74) is 4.93. The SMILES string of the molecule is C=CCOC12Oc3ccc(OCc4cccc(C)n4)cc3C3C(CCCCO)C(CCCCO)C=C(C(=NOC)CC1N(Cc1ccc(F)cc1)C(=O)OCC)C32. The number of aliphatic hydroxyl groups is 2. The Morgan fingerprint density at radius 1 is 1.09 bits per heavy atom. The molecule has 1 aromatic heterocycles. The maximum atomic E-state index is 14.2. The molecule has 6 atom stereocenters. The van der Waals surface area contributed by atoms with E-state index in [1.807, 2.05) is 37.3 Å². The molecule has 57 heavy (non-hydrogen) atoms. The summed E-state index contributed by atoms with van der Waals surface area (Å²) in [4.78, 5) is 26.0. The average molecular weight is 786 g/mol. The molecule has 3 aromatic rings. The Bertz CT molecular complexity index is 1890. The topological polar surface area (TPSA) is 132 Å². The highest BCUT2D eigenvalue weighted by Crippen LogP contribution is 2.62. The molecule has 12 heteroatoms. The highest BCUT2D eigenvalue weighted by Gasteiger charge is 2.65. The van der Waals surface area contributed by atoms with Gasteiger partial charge in [-0.3, -0.25) is 9.88 Å². The fraction of sp³-hybridized carbons (Fsp3) is 0.489. The predicted octanol–water partition coefficient (Wildman–Crippen LogP) is 8.03. The van der Waals surface area contributed by atoms with Gasteiger partial charge in [-0.05, 0) is 105 Å². The summed E-state index contributed by atoms with van der Waals surface area (Å²) in [6, 6.07) is 16.9. The Balaban J connectivity index is 1.56. The smallest absolute Gasteiger partial charge is 0.410 e. The number of halogens is 1. The number of fused-ring (bicyclic) bond motifs is 2. The van der Waals surface area contributed by atoms with Gasteiger partial charge in [0.2, 0.25) is 5.79 Å². The minimum absolute atomic E-state index is 0.0442. The van der Waals surface area contributed by atoms with Crippen molar-refractivity contribution < 1.29 is 43.2 Å². The Morgan fingerprint density at radius 3 is 2.56 bits per heavy atom. The molecule has 0 spiro atoms. The molecule has 0 bridgehead atoms. The third-order valence-electron chi connectivity index (χ3n) is 11.3. The van der Waals surface area contributed by atoms with Gasteiger partial charge in [0.25, 0.3) is 0 Å². The Kier molecular flexibility index (Phi) is 14.4. The van der Waals surface area contributed by atoms with Crippen LogP contribution in [0, 0.1) is 30.5 Å². The zero-order chi connectivity index (χ0) is 40.4. The number of rotatable bonds is 19. The van der Waals surface area contributed by atoms with E-state index in [0.717, 1.165) is 48.2 Å². The number of aryl methyl sites for hydroxylation is 1. The lowest BCUT2D eigenvalue weighted by Gasteiger charge is -2.59. The minimum atomic E-state index is -1.46. The number of ether oxygens (including phenoxy) is 4. The number of aromatic nitrogens is 1. The first-order valence-corrected chi connectivity index (χ1v) is 20.1. The molecule has 11 nitrogen and oxygen atoms in total. The van der Waals surface area contributed by atoms with Crippen LogP contribution < -0.4 is 9.47 Å². The van der Waals surface area contributed by atoms with Gasteiger partial charge in [-0.2, -0.15) is 0 Å². The predicted molar refractivity (Wildman–Crippen MR) is 214 cm³/mol. The second-order valence-electron chi connectivity index (χ2n) is 15.0. The van der Waals surface area contributed by atoms with Crippen molar-refractivity contribution in [3.05, 3.63) is 113 Å². The number of amides is 1. The largest absolute Gasteiger partial charge is 0.487 e. The van der Waals surface area contributed by atoms with E-state index in [0.29, 0.717) is 35.6 Å². The van der Waals surface area contributed by atoms with Crippen LogP contribution in [0.4, 0.5) is 9.18 Å². The van der Waals surface area contributed by atoms with Gasteiger partial charge in [0.1, 0.15) is 37.1 Å². The summed E-state index contributed by atoms with van der Waals surface area (Å²) >= 11 is 0. The number of carbonyl (C=O) groups is 1. The van der Waals surface area contributed by atoms with Crippen molar-refractivity contribution in [2.45, 2.75) is 89.7 Å². The van der Waals surface area contributed by atoms with Gasteiger partial charge in [-0.1, -0.05) is 48.3 Å². The Labute approximate surface area is 335 Å². The van der Waals surface area contributed by atoms with Crippen LogP contribution >= 0.6 is 0 Å². The maximum absolute atomic E-state index is 14.2. The lowest BCUT2D eigenvalue weighted by Crippen LogP contribution is -2.70. The van der Waals surface area contributed by atoms with Crippen molar-refractivity contribution in [1.29, 1.82) is 0 Å². The van der Waals surface area contributed by atoms with Crippen LogP contribution in [0.25, 0.3) is 0 Å². The van der Waals surface area contributed by atoms with Crippen molar-refractivity contribution in [1.82, 2.24) is 9.88 Å². The molecule has 2 aliphatic carbocycles. The number of pyridine rings is 1. The second kappa shape index (κ2) is 19.6. The number of allylic oxidation sites excluding steroid dienone is 1. The van der Waals surface area contributed by atoms with E-state index in [4.69, 9.17) is 23.8 Å². The first-order chi connectivity index (χ1) is 27.8. The number of aliphatic hydroxyl groups excluding tert-OH is 2. The van der Waals surface area contributed by atoms with Crippen LogP contribution in [0.1, 0.15) is 80.3 Å². The summed E-state index contributed by atoms with van der Waals surface area (Å²) in [5.74, 6) is -1.18. The standard InChI is InChI=1S/C45H56FN3O8/c1-5-24-56-45-41(49(44(52)54-6-2)28-31-16-18-33(46)19-17-31)27-39(48-53-4)37-25-32(13-7-9-22-50)36(15-8-10-23-51)42(43(37)45)38-26-35(20-21-40(38)57-45)55-29-34-14-11-12-30(3)47-34/h5,11-12,14,16-21,25-26,32,36,41-43,50-51H,1,6-10,13,15,22-24,27-29H2,2-4H3. The molecule has 2 heterocycles. The first-order valence-electron chi connectivity index (χ1n) is 20.1. The van der Waals surface area contributed by atoms with E-state index in [2.05, 4.69) is 28.9 Å². The van der Waals surface area contributed by atoms with E-state index in [1.54, 1.807) is 30.0 Å². The fourth-order valence-electron chi connectivity index (χ4n) is 8.98. The lowest BCUT2D eigenvalue weighted by atomic mass is 9.55. The molecular weight excluding hydrogens is 730 g/mol. The number of hydrogen-bond acceptors (Lipinski definition) is 10. The number of nitrogens with zero attached hydrogens (tertiary/aromatic N) is 3. The fourth-order valence-corrected chi connectivity index (χ4v) is 8.98. The number of carbonyl (C=O) groups excluding carboxylic acids is 1. The molecular formula is C45H56FN3O8. The molecule has 6 rings (SSSR count). The Morgan fingerprint density at radius 2 is 1.86 bits per heavy atom. The van der Waals surface area contributed by atoms with E-state index in [-0.39, 0.29) is 69.6 Å². The molecule has 1 fully saturated rings. The van der Waals surface area contributed by atoms with Gasteiger partial charge in [0.05, 0.1) is 30.5 Å². The zero-order valence-electron chi connectivity index (χ0n) is 33.3. The van der Waals surface area contributed by atoms with Crippen LogP contribution in [0.3, 0.4) is 0 Å². The first kappa shape index (κ1) is 41.8. The molecule has 0 radical (unpaired) electrons. The average Bonchev–Trinajstić information content (AvgIpc) is 3.21. The van der Waals surface area contributed by atoms with Crippen LogP contribution in [0.15, 0.2) is 90.1 Å². The van der Waals surface area contributed by atoms with Gasteiger partial charge in [0, 0.05) is 43.4 Å². The van der Waals surface area contributed by atoms with Gasteiger partial charge < -0.3 is 34.0 Å². The molecule has 2 N–H and O–H groups in total. The third-order valence-corrected chi connectivity index (χ3v) is 11.3. The second-order valence-corrected chi connectivity index (χ2v) is 15.0. The maximum Gasteiger partial charge on any atom is 0.410 e. The van der Waals surface area contributed by atoms with Crippen LogP contribution in [-0.2, 0) is 27.5 Å². The normalized spacial score (nSPS) is 24.1. The van der Waals surface area contributed by atoms with Crippen LogP contribution in [0.5, 0.6) is 11.5 Å². The number of oxime groups is 1. The van der Waals surface area contributed by atoms with Gasteiger partial charge >= 0.3 is 6.09 Å². The molecule has 0 saturated heterocycles. The summed E-state index contributed by atoms with van der Waals surface area (Å²) in [6.07, 6.45) is 8.14.